The van der Waals surface area contributed by atoms with Crippen molar-refractivity contribution in [3.63, 3.8) is 0 Å². The third-order valence-electron chi connectivity index (χ3n) is 8.54. The topological polar surface area (TPSA) is 81.2 Å². The Balaban J connectivity index is 1.56. The molecule has 8 heteroatoms. The number of aliphatic hydroxyl groups excluding tert-OH is 1. The molecule has 0 aromatic heterocycles. The van der Waals surface area contributed by atoms with Crippen LogP contribution in [0.2, 0.25) is 0 Å². The number of anilines is 2. The number of carbonyl (C=O) groups excluding carboxylic acids is 3. The Kier molecular flexibility index (Phi) is 7.93. The molecule has 7 nitrogen and oxygen atoms in total. The Morgan fingerprint density at radius 1 is 1.07 bits per heavy atom. The van der Waals surface area contributed by atoms with Crippen molar-refractivity contribution in [2.45, 2.75) is 42.7 Å². The number of hydrogen-bond acceptors (Lipinski definition) is 5. The van der Waals surface area contributed by atoms with Gasteiger partial charge < -0.3 is 19.8 Å². The highest BCUT2D eigenvalue weighted by Crippen LogP contribution is 2.66. The summed E-state index contributed by atoms with van der Waals surface area (Å²) in [4.78, 5) is 47.9. The molecule has 3 amide bonds. The van der Waals surface area contributed by atoms with Gasteiger partial charge in [0.1, 0.15) is 6.04 Å². The Morgan fingerprint density at radius 3 is 2.45 bits per heavy atom. The molecule has 5 atom stereocenters. The van der Waals surface area contributed by atoms with E-state index in [4.69, 9.17) is 0 Å². The molecule has 3 fully saturated rings. The van der Waals surface area contributed by atoms with Crippen LogP contribution in [0.25, 0.3) is 0 Å². The maximum Gasteiger partial charge on any atom is 0.251 e. The van der Waals surface area contributed by atoms with Gasteiger partial charge in [0.25, 0.3) is 5.91 Å². The lowest BCUT2D eigenvalue weighted by Crippen LogP contribution is -2.55. The highest BCUT2D eigenvalue weighted by Gasteiger charge is 2.74. The number of β-amino-alcohol motifs (C(OH)–C–C–N with tert-alkyl or cyclic N) is 1. The van der Waals surface area contributed by atoms with Crippen LogP contribution in [0, 0.1) is 25.7 Å². The second-order valence-corrected chi connectivity index (χ2v) is 12.5. The van der Waals surface area contributed by atoms with Crippen LogP contribution in [0.3, 0.4) is 0 Å². The molecule has 1 N–H and O–H groups in total. The summed E-state index contributed by atoms with van der Waals surface area (Å²) in [5, 5.41) is 9.91. The van der Waals surface area contributed by atoms with E-state index in [2.05, 4.69) is 13.2 Å². The highest BCUT2D eigenvalue weighted by molar-refractivity contribution is 8.02. The first-order valence-electron chi connectivity index (χ1n) is 13.8. The number of benzene rings is 2. The molecule has 2 bridgehead atoms. The fourth-order valence-corrected chi connectivity index (χ4v) is 9.10. The zero-order chi connectivity index (χ0) is 28.6. The van der Waals surface area contributed by atoms with Crippen molar-refractivity contribution < 1.29 is 19.5 Å². The average molecular weight is 560 g/mol. The Morgan fingerprint density at radius 2 is 1.77 bits per heavy atom. The molecule has 2 unspecified atom stereocenters. The molecule has 1 spiro atoms. The van der Waals surface area contributed by atoms with Crippen LogP contribution < -0.4 is 9.80 Å². The van der Waals surface area contributed by atoms with Crippen LogP contribution in [-0.2, 0) is 14.4 Å². The van der Waals surface area contributed by atoms with Crippen molar-refractivity contribution in [2.24, 2.45) is 11.8 Å². The molecular formula is C32H37N3O4S. The van der Waals surface area contributed by atoms with E-state index in [1.54, 1.807) is 38.6 Å². The number of amides is 3. The van der Waals surface area contributed by atoms with Gasteiger partial charge in [-0.1, -0.05) is 42.5 Å². The zero-order valence-electron chi connectivity index (χ0n) is 23.2. The standard InChI is InChI=1S/C32H37N3O4S/c1-5-16-33(23-10-8-7-9-11-23)29(37)26-25-14-15-32(40-25)27(26)30(38)35(18-19-36)28(32)31(39)34(17-6-2)24-20-21(3)12-13-22(24)4/h5-13,20,25-28,36H,1-2,14-19H2,3-4H3/t25-,26+,27+,28?,32?/m1/s1. The van der Waals surface area contributed by atoms with Crippen molar-refractivity contribution in [1.29, 1.82) is 0 Å². The molecule has 40 heavy (non-hydrogen) atoms. The SMILES string of the molecule is C=CCN(C(=O)[C@@H]1[C@H]2C(=O)N(CCO)C(C(=O)N(CC=C)c3cc(C)ccc3C)C23CC[C@H]1S3)c1ccccc1. The molecule has 0 radical (unpaired) electrons. The monoisotopic (exact) mass is 559 g/mol. The average Bonchev–Trinajstić information content (AvgIpc) is 3.59. The van der Waals surface area contributed by atoms with Crippen molar-refractivity contribution in [3.05, 3.63) is 85.0 Å². The summed E-state index contributed by atoms with van der Waals surface area (Å²) >= 11 is 1.63. The van der Waals surface area contributed by atoms with Gasteiger partial charge in [-0.3, -0.25) is 14.4 Å². The lowest BCUT2D eigenvalue weighted by molar-refractivity contribution is -0.139. The van der Waals surface area contributed by atoms with E-state index in [0.29, 0.717) is 19.5 Å². The van der Waals surface area contributed by atoms with Crippen LogP contribution >= 0.6 is 11.8 Å². The van der Waals surface area contributed by atoms with E-state index in [-0.39, 0.29) is 36.1 Å². The van der Waals surface area contributed by atoms with Crippen molar-refractivity contribution in [2.75, 3.05) is 36.0 Å². The summed E-state index contributed by atoms with van der Waals surface area (Å²) in [5.41, 5.74) is 3.52. The van der Waals surface area contributed by atoms with Gasteiger partial charge in [0.05, 0.1) is 23.2 Å². The first-order chi connectivity index (χ1) is 19.3. The second-order valence-electron chi connectivity index (χ2n) is 10.9. The number of likely N-dealkylation sites (tertiary alicyclic amines) is 1. The molecule has 3 aliphatic rings. The molecule has 210 valence electrons. The highest BCUT2D eigenvalue weighted by atomic mass is 32.2. The summed E-state index contributed by atoms with van der Waals surface area (Å²) in [6.45, 7) is 12.1. The smallest absolute Gasteiger partial charge is 0.251 e. The van der Waals surface area contributed by atoms with E-state index < -0.39 is 22.6 Å². The Bertz CT molecular complexity index is 1330. The Labute approximate surface area is 240 Å². The molecule has 5 rings (SSSR count). The number of hydrogen-bond donors (Lipinski definition) is 1. The summed E-state index contributed by atoms with van der Waals surface area (Å²) < 4.78 is -0.734. The number of fused-ring (bicyclic) bond motifs is 1. The lowest BCUT2D eigenvalue weighted by atomic mass is 9.70. The van der Waals surface area contributed by atoms with Gasteiger partial charge >= 0.3 is 0 Å². The molecular weight excluding hydrogens is 522 g/mol. The van der Waals surface area contributed by atoms with Crippen molar-refractivity contribution in [1.82, 2.24) is 4.90 Å². The summed E-state index contributed by atoms with van der Waals surface area (Å²) in [6, 6.07) is 14.6. The van der Waals surface area contributed by atoms with E-state index in [1.807, 2.05) is 62.4 Å². The number of aliphatic hydroxyl groups is 1. The lowest BCUT2D eigenvalue weighted by Gasteiger charge is -2.38. The van der Waals surface area contributed by atoms with Crippen LogP contribution in [0.1, 0.15) is 24.0 Å². The van der Waals surface area contributed by atoms with Crippen LogP contribution in [0.4, 0.5) is 11.4 Å². The number of nitrogens with zero attached hydrogens (tertiary/aromatic N) is 3. The van der Waals surface area contributed by atoms with Gasteiger partial charge in [-0.05, 0) is 56.0 Å². The van der Waals surface area contributed by atoms with E-state index >= 15 is 0 Å². The third-order valence-corrected chi connectivity index (χ3v) is 10.5. The normalized spacial score (nSPS) is 26.5. The van der Waals surface area contributed by atoms with Gasteiger partial charge in [0.15, 0.2) is 0 Å². The number of aryl methyl sites for hydroxylation is 2. The van der Waals surface area contributed by atoms with Gasteiger partial charge in [-0.15, -0.1) is 24.9 Å². The molecule has 0 aliphatic carbocycles. The minimum Gasteiger partial charge on any atom is -0.395 e. The maximum atomic E-state index is 14.6. The molecule has 2 aromatic rings. The van der Waals surface area contributed by atoms with E-state index in [1.165, 1.54) is 0 Å². The van der Waals surface area contributed by atoms with E-state index in [0.717, 1.165) is 28.9 Å². The third kappa shape index (κ3) is 4.47. The van der Waals surface area contributed by atoms with Crippen molar-refractivity contribution in [3.8, 4) is 0 Å². The molecule has 0 saturated carbocycles. The number of carbonyl (C=O) groups is 3. The summed E-state index contributed by atoms with van der Waals surface area (Å²) in [5.74, 6) is -1.71. The number of rotatable bonds is 10. The van der Waals surface area contributed by atoms with Gasteiger partial charge in [0.2, 0.25) is 11.8 Å². The summed E-state index contributed by atoms with van der Waals surface area (Å²) in [6.07, 6.45) is 4.81. The Hall–Kier alpha value is -3.36. The molecule has 3 aliphatic heterocycles. The first kappa shape index (κ1) is 28.2. The minimum absolute atomic E-state index is 0.0451. The fourth-order valence-electron chi connectivity index (χ4n) is 6.90. The van der Waals surface area contributed by atoms with Crippen LogP contribution in [-0.4, -0.2) is 70.0 Å². The van der Waals surface area contributed by atoms with Crippen LogP contribution in [0.15, 0.2) is 73.8 Å². The van der Waals surface area contributed by atoms with Gasteiger partial charge in [-0.25, -0.2) is 0 Å². The minimum atomic E-state index is -0.783. The maximum absolute atomic E-state index is 14.6. The predicted molar refractivity (Wildman–Crippen MR) is 160 cm³/mol. The zero-order valence-corrected chi connectivity index (χ0v) is 24.0. The van der Waals surface area contributed by atoms with E-state index in [9.17, 15) is 19.5 Å². The quantitative estimate of drug-likeness (QED) is 0.443. The largest absolute Gasteiger partial charge is 0.395 e. The van der Waals surface area contributed by atoms with Gasteiger partial charge in [0, 0.05) is 36.3 Å². The van der Waals surface area contributed by atoms with Crippen molar-refractivity contribution >= 4 is 40.9 Å². The first-order valence-corrected chi connectivity index (χ1v) is 14.7. The fraction of sp³-hybridized carbons (Fsp3) is 0.406. The van der Waals surface area contributed by atoms with Crippen LogP contribution in [0.5, 0.6) is 0 Å². The second kappa shape index (κ2) is 11.3. The predicted octanol–water partition coefficient (Wildman–Crippen LogP) is 4.13. The molecule has 2 aromatic carbocycles. The van der Waals surface area contributed by atoms with Gasteiger partial charge in [-0.2, -0.15) is 0 Å². The summed E-state index contributed by atoms with van der Waals surface area (Å²) in [7, 11) is 0. The molecule has 3 heterocycles. The number of para-hydroxylation sites is 1. The molecule has 3 saturated heterocycles. The number of thioether (sulfide) groups is 1.